The Balaban J connectivity index is 2.64. The fourth-order valence-electron chi connectivity index (χ4n) is 1.37. The smallest absolute Gasteiger partial charge is 0.298 e. The van der Waals surface area contributed by atoms with Gasteiger partial charge in [-0.3, -0.25) is 4.79 Å². The van der Waals surface area contributed by atoms with E-state index in [-0.39, 0.29) is 11.9 Å². The third kappa shape index (κ3) is 1.66. The minimum Gasteiger partial charge on any atom is -0.429 e. The van der Waals surface area contributed by atoms with E-state index in [0.717, 1.165) is 6.07 Å². The van der Waals surface area contributed by atoms with Crippen LogP contribution in [0.25, 0.3) is 10.8 Å². The minimum atomic E-state index is -0.898. The molecule has 15 heavy (non-hydrogen) atoms. The Hall–Kier alpha value is -1.97. The van der Waals surface area contributed by atoms with Gasteiger partial charge in [0.25, 0.3) is 6.47 Å². The number of rotatable bonds is 2. The molecule has 2 nitrogen and oxygen atoms in total. The Morgan fingerprint density at radius 2 is 1.93 bits per heavy atom. The standard InChI is InChI=1S/C11H6F2O2/c12-10-4-1-7-5-8(15-6-14)2-3-9(7)11(10)13/h1-6H. The van der Waals surface area contributed by atoms with Gasteiger partial charge in [0.1, 0.15) is 5.75 Å². The maximum atomic E-state index is 13.2. The molecule has 0 fully saturated rings. The van der Waals surface area contributed by atoms with Crippen molar-refractivity contribution in [2.45, 2.75) is 0 Å². The third-order valence-corrected chi connectivity index (χ3v) is 2.06. The van der Waals surface area contributed by atoms with E-state index in [1.165, 1.54) is 24.3 Å². The first kappa shape index (κ1) is 9.58. The van der Waals surface area contributed by atoms with Crippen LogP contribution in [-0.4, -0.2) is 6.47 Å². The predicted octanol–water partition coefficient (Wildman–Crippen LogP) is 2.65. The summed E-state index contributed by atoms with van der Waals surface area (Å²) in [5.41, 5.74) is 0. The molecule has 2 aromatic carbocycles. The van der Waals surface area contributed by atoms with E-state index in [4.69, 9.17) is 0 Å². The van der Waals surface area contributed by atoms with Crippen molar-refractivity contribution >= 4 is 17.2 Å². The second-order valence-electron chi connectivity index (χ2n) is 2.96. The van der Waals surface area contributed by atoms with Crippen molar-refractivity contribution in [2.24, 2.45) is 0 Å². The summed E-state index contributed by atoms with van der Waals surface area (Å²) in [6.45, 7) is 0.279. The summed E-state index contributed by atoms with van der Waals surface area (Å²) < 4.78 is 30.7. The summed E-state index contributed by atoms with van der Waals surface area (Å²) >= 11 is 0. The number of ether oxygens (including phenoxy) is 1. The molecular formula is C11H6F2O2. The van der Waals surface area contributed by atoms with Crippen molar-refractivity contribution in [2.75, 3.05) is 0 Å². The highest BCUT2D eigenvalue weighted by molar-refractivity contribution is 5.84. The number of halogens is 2. The summed E-state index contributed by atoms with van der Waals surface area (Å²) in [4.78, 5) is 10.1. The highest BCUT2D eigenvalue weighted by Crippen LogP contribution is 2.24. The van der Waals surface area contributed by atoms with Crippen molar-refractivity contribution in [1.82, 2.24) is 0 Å². The predicted molar refractivity (Wildman–Crippen MR) is 50.6 cm³/mol. The molecule has 4 heteroatoms. The number of carbonyl (C=O) groups excluding carboxylic acids is 1. The molecule has 0 aliphatic carbocycles. The SMILES string of the molecule is O=COc1ccc2c(F)c(F)ccc2c1. The fraction of sp³-hybridized carbons (Fsp3) is 0. The Morgan fingerprint density at radius 3 is 2.67 bits per heavy atom. The zero-order chi connectivity index (χ0) is 10.8. The Kier molecular flexibility index (Phi) is 2.33. The quantitative estimate of drug-likeness (QED) is 0.709. The molecule has 2 aromatic rings. The summed E-state index contributed by atoms with van der Waals surface area (Å²) in [5, 5.41) is 0.640. The van der Waals surface area contributed by atoms with Gasteiger partial charge >= 0.3 is 0 Å². The zero-order valence-electron chi connectivity index (χ0n) is 7.54. The fourth-order valence-corrected chi connectivity index (χ4v) is 1.37. The summed E-state index contributed by atoms with van der Waals surface area (Å²) in [6.07, 6.45) is 0. The number of hydrogen-bond acceptors (Lipinski definition) is 2. The van der Waals surface area contributed by atoms with E-state index in [1.54, 1.807) is 0 Å². The van der Waals surface area contributed by atoms with Gasteiger partial charge in [-0.15, -0.1) is 0 Å². The Labute approximate surface area is 84.1 Å². The van der Waals surface area contributed by atoms with Crippen LogP contribution in [0.5, 0.6) is 5.75 Å². The molecule has 0 saturated carbocycles. The maximum Gasteiger partial charge on any atom is 0.298 e. The molecule has 76 valence electrons. The molecule has 0 aliphatic rings. The Bertz CT molecular complexity index is 523. The molecule has 0 N–H and O–H groups in total. The van der Waals surface area contributed by atoms with Crippen LogP contribution in [-0.2, 0) is 4.79 Å². The van der Waals surface area contributed by atoms with Crippen molar-refractivity contribution < 1.29 is 18.3 Å². The first-order valence-electron chi connectivity index (χ1n) is 4.20. The second-order valence-corrected chi connectivity index (χ2v) is 2.96. The van der Waals surface area contributed by atoms with E-state index < -0.39 is 11.6 Å². The lowest BCUT2D eigenvalue weighted by Gasteiger charge is -2.02. The molecule has 0 bridgehead atoms. The van der Waals surface area contributed by atoms with E-state index in [0.29, 0.717) is 11.1 Å². The van der Waals surface area contributed by atoms with Crippen LogP contribution in [0.2, 0.25) is 0 Å². The third-order valence-electron chi connectivity index (χ3n) is 2.06. The van der Waals surface area contributed by atoms with Gasteiger partial charge < -0.3 is 4.74 Å². The van der Waals surface area contributed by atoms with Crippen LogP contribution in [0.1, 0.15) is 0 Å². The largest absolute Gasteiger partial charge is 0.429 e. The van der Waals surface area contributed by atoms with Crippen LogP contribution in [0.3, 0.4) is 0 Å². The summed E-state index contributed by atoms with van der Waals surface area (Å²) in [6, 6.07) is 6.69. The molecule has 0 heterocycles. The van der Waals surface area contributed by atoms with Crippen LogP contribution < -0.4 is 4.74 Å². The minimum absolute atomic E-state index is 0.160. The molecule has 0 atom stereocenters. The highest BCUT2D eigenvalue weighted by Gasteiger charge is 2.07. The first-order chi connectivity index (χ1) is 7.22. The number of carbonyl (C=O) groups is 1. The average molecular weight is 208 g/mol. The van der Waals surface area contributed by atoms with Gasteiger partial charge in [0.15, 0.2) is 11.6 Å². The Morgan fingerprint density at radius 1 is 1.13 bits per heavy atom. The van der Waals surface area contributed by atoms with E-state index in [1.807, 2.05) is 0 Å². The second kappa shape index (κ2) is 3.65. The monoisotopic (exact) mass is 208 g/mol. The molecule has 0 unspecified atom stereocenters. The van der Waals surface area contributed by atoms with Crippen LogP contribution in [0.15, 0.2) is 30.3 Å². The van der Waals surface area contributed by atoms with Crippen LogP contribution in [0, 0.1) is 11.6 Å². The van der Waals surface area contributed by atoms with E-state index in [2.05, 4.69) is 4.74 Å². The molecular weight excluding hydrogens is 202 g/mol. The molecule has 0 saturated heterocycles. The number of benzene rings is 2. The normalized spacial score (nSPS) is 10.3. The van der Waals surface area contributed by atoms with Crippen molar-refractivity contribution in [3.8, 4) is 5.75 Å². The summed E-state index contributed by atoms with van der Waals surface area (Å²) in [7, 11) is 0. The molecule has 0 aromatic heterocycles. The van der Waals surface area contributed by atoms with Gasteiger partial charge in [-0.25, -0.2) is 8.78 Å². The van der Waals surface area contributed by atoms with Gasteiger partial charge in [-0.05, 0) is 29.7 Å². The number of hydrogen-bond donors (Lipinski definition) is 0. The number of fused-ring (bicyclic) bond motifs is 1. The topological polar surface area (TPSA) is 26.3 Å². The van der Waals surface area contributed by atoms with Crippen molar-refractivity contribution in [3.63, 3.8) is 0 Å². The van der Waals surface area contributed by atoms with Crippen LogP contribution >= 0.6 is 0 Å². The molecule has 0 aliphatic heterocycles. The van der Waals surface area contributed by atoms with E-state index in [9.17, 15) is 13.6 Å². The lowest BCUT2D eigenvalue weighted by atomic mass is 10.1. The molecule has 0 radical (unpaired) electrons. The highest BCUT2D eigenvalue weighted by atomic mass is 19.2. The van der Waals surface area contributed by atoms with Gasteiger partial charge in [0.2, 0.25) is 0 Å². The first-order valence-corrected chi connectivity index (χ1v) is 4.20. The molecule has 0 amide bonds. The van der Waals surface area contributed by atoms with Gasteiger partial charge in [0.05, 0.1) is 0 Å². The van der Waals surface area contributed by atoms with E-state index >= 15 is 0 Å². The zero-order valence-corrected chi connectivity index (χ0v) is 7.54. The average Bonchev–Trinajstić information content (AvgIpc) is 2.24. The van der Waals surface area contributed by atoms with Gasteiger partial charge in [-0.1, -0.05) is 6.07 Å². The summed E-state index contributed by atoms with van der Waals surface area (Å²) in [5.74, 6) is -1.50. The molecule has 0 spiro atoms. The van der Waals surface area contributed by atoms with Crippen molar-refractivity contribution in [3.05, 3.63) is 42.0 Å². The molecule has 2 rings (SSSR count). The maximum absolute atomic E-state index is 13.2. The lowest BCUT2D eigenvalue weighted by molar-refractivity contribution is -0.120. The van der Waals surface area contributed by atoms with Crippen LogP contribution in [0.4, 0.5) is 8.78 Å². The van der Waals surface area contributed by atoms with Gasteiger partial charge in [0, 0.05) is 5.39 Å². The van der Waals surface area contributed by atoms with Gasteiger partial charge in [-0.2, -0.15) is 0 Å². The lowest BCUT2D eigenvalue weighted by Crippen LogP contribution is -1.90. The van der Waals surface area contributed by atoms with Crippen molar-refractivity contribution in [1.29, 1.82) is 0 Å².